The Bertz CT molecular complexity index is 926. The van der Waals surface area contributed by atoms with E-state index in [2.05, 4.69) is 32.8 Å². The molecule has 140 valence electrons. The Morgan fingerprint density at radius 2 is 2.08 bits per heavy atom. The minimum absolute atomic E-state index is 0.0759. The van der Waals surface area contributed by atoms with Crippen LogP contribution in [0, 0.1) is 0 Å². The summed E-state index contributed by atoms with van der Waals surface area (Å²) in [5.74, 6) is -0.0759. The van der Waals surface area contributed by atoms with E-state index >= 15 is 0 Å². The van der Waals surface area contributed by atoms with Gasteiger partial charge >= 0.3 is 0 Å². The minimum atomic E-state index is -0.249. The molecule has 0 saturated carbocycles. The van der Waals surface area contributed by atoms with E-state index < -0.39 is 0 Å². The summed E-state index contributed by atoms with van der Waals surface area (Å²) in [6.07, 6.45) is 5.46. The summed E-state index contributed by atoms with van der Waals surface area (Å²) in [6, 6.07) is 7.08. The summed E-state index contributed by atoms with van der Waals surface area (Å²) < 4.78 is 1.65. The van der Waals surface area contributed by atoms with Crippen LogP contribution >= 0.6 is 38.9 Å². The number of H-pyrrole nitrogens is 1. The molecule has 0 saturated heterocycles. The summed E-state index contributed by atoms with van der Waals surface area (Å²) in [5.41, 5.74) is 7.05. The maximum atomic E-state index is 11.1. The van der Waals surface area contributed by atoms with Crippen molar-refractivity contribution in [2.24, 2.45) is 0 Å². The van der Waals surface area contributed by atoms with Gasteiger partial charge in [-0.1, -0.05) is 49.1 Å². The lowest BCUT2D eigenvalue weighted by Crippen LogP contribution is -2.06. The molecule has 5 nitrogen and oxygen atoms in total. The van der Waals surface area contributed by atoms with Crippen molar-refractivity contribution in [2.75, 3.05) is 5.73 Å². The molecule has 26 heavy (non-hydrogen) atoms. The molecule has 0 bridgehead atoms. The van der Waals surface area contributed by atoms with Crippen LogP contribution in [0.1, 0.15) is 38.2 Å². The summed E-state index contributed by atoms with van der Waals surface area (Å²) >= 11 is 10.5. The molecule has 0 atom stereocenters. The maximum Gasteiger partial charge on any atom is 0.251 e. The van der Waals surface area contributed by atoms with E-state index in [1.165, 1.54) is 30.2 Å². The molecule has 3 rings (SSSR count). The first-order valence-electron chi connectivity index (χ1n) is 8.33. The van der Waals surface area contributed by atoms with Crippen LogP contribution in [0.5, 0.6) is 5.88 Å². The van der Waals surface area contributed by atoms with Crippen LogP contribution in [0.2, 0.25) is 5.02 Å². The number of nitrogens with two attached hydrogens (primary N) is 1. The molecule has 2 aromatic heterocycles. The van der Waals surface area contributed by atoms with Crippen LogP contribution in [-0.2, 0) is 6.42 Å². The normalized spacial score (nSPS) is 10.6. The van der Waals surface area contributed by atoms with Crippen molar-refractivity contribution in [3.05, 3.63) is 49.7 Å². The Labute approximate surface area is 169 Å². The van der Waals surface area contributed by atoms with Gasteiger partial charge in [0.15, 0.2) is 5.13 Å². The molecule has 4 N–H and O–H groups in total. The number of unbranched alkanes of at least 4 members (excludes halogenated alkanes) is 3. The van der Waals surface area contributed by atoms with Gasteiger partial charge in [0.05, 0.1) is 14.7 Å². The molecule has 0 aliphatic rings. The number of hydrogen-bond acceptors (Lipinski definition) is 5. The van der Waals surface area contributed by atoms with Crippen LogP contribution in [0.3, 0.4) is 0 Å². The van der Waals surface area contributed by atoms with Gasteiger partial charge in [-0.2, -0.15) is 0 Å². The number of nitrogens with one attached hydrogen (secondary N) is 1. The SMILES string of the molecule is CCCCCCc1cc(=O)[nH]c(O)c1Br.Nc1nc2ccc(Cl)cc2s1. The van der Waals surface area contributed by atoms with Crippen molar-refractivity contribution in [1.82, 2.24) is 9.97 Å². The molecule has 0 radical (unpaired) electrons. The van der Waals surface area contributed by atoms with Crippen LogP contribution in [0.4, 0.5) is 5.13 Å². The van der Waals surface area contributed by atoms with Gasteiger partial charge in [-0.25, -0.2) is 4.98 Å². The topological polar surface area (TPSA) is 92.0 Å². The molecule has 1 aromatic carbocycles. The molecular weight excluding hydrogens is 438 g/mol. The number of anilines is 1. The van der Waals surface area contributed by atoms with Gasteiger partial charge in [0, 0.05) is 11.1 Å². The fourth-order valence-electron chi connectivity index (χ4n) is 2.42. The number of fused-ring (bicyclic) bond motifs is 1. The van der Waals surface area contributed by atoms with Gasteiger partial charge in [0.25, 0.3) is 5.56 Å². The number of hydrogen-bond donors (Lipinski definition) is 3. The number of halogens is 2. The standard InChI is InChI=1S/C11H16BrNO2.C7H5ClN2S/c1-2-3-4-5-6-8-7-9(14)13-11(15)10(8)12;8-4-1-2-5-6(3-4)11-7(9)10-5/h7H,2-6H2,1H3,(H2,13,14,15);1-3H,(H2,9,10). The Hall–Kier alpha value is -1.57. The number of aryl methyl sites for hydroxylation is 1. The molecule has 8 heteroatoms. The average molecular weight is 459 g/mol. The van der Waals surface area contributed by atoms with Crippen LogP contribution in [0.25, 0.3) is 10.2 Å². The zero-order chi connectivity index (χ0) is 19.1. The number of nitrogen functional groups attached to an aromatic ring is 1. The number of rotatable bonds is 5. The van der Waals surface area contributed by atoms with Crippen molar-refractivity contribution in [2.45, 2.75) is 39.0 Å². The van der Waals surface area contributed by atoms with Gasteiger partial charge in [-0.3, -0.25) is 9.78 Å². The summed E-state index contributed by atoms with van der Waals surface area (Å²) in [6.45, 7) is 2.16. The van der Waals surface area contributed by atoms with E-state index in [9.17, 15) is 9.90 Å². The predicted molar refractivity (Wildman–Crippen MR) is 113 cm³/mol. The zero-order valence-electron chi connectivity index (χ0n) is 14.4. The highest BCUT2D eigenvalue weighted by molar-refractivity contribution is 9.10. The fraction of sp³-hybridized carbons (Fsp3) is 0.333. The minimum Gasteiger partial charge on any atom is -0.494 e. The van der Waals surface area contributed by atoms with E-state index in [4.69, 9.17) is 17.3 Å². The molecule has 0 amide bonds. The number of thiazole rings is 1. The van der Waals surface area contributed by atoms with Crippen molar-refractivity contribution in [3.8, 4) is 5.88 Å². The van der Waals surface area contributed by atoms with E-state index in [0.29, 0.717) is 9.60 Å². The molecule has 0 unspecified atom stereocenters. The summed E-state index contributed by atoms with van der Waals surface area (Å²) in [5, 5.41) is 10.7. The second kappa shape index (κ2) is 9.94. The Kier molecular flexibility index (Phi) is 7.93. The van der Waals surface area contributed by atoms with E-state index in [-0.39, 0.29) is 11.4 Å². The smallest absolute Gasteiger partial charge is 0.251 e. The zero-order valence-corrected chi connectivity index (χ0v) is 17.5. The first-order valence-corrected chi connectivity index (χ1v) is 10.3. The summed E-state index contributed by atoms with van der Waals surface area (Å²) in [7, 11) is 0. The number of aromatic hydroxyl groups is 1. The highest BCUT2D eigenvalue weighted by Gasteiger charge is 2.06. The number of benzene rings is 1. The van der Waals surface area contributed by atoms with Gasteiger partial charge in [0.1, 0.15) is 0 Å². The van der Waals surface area contributed by atoms with Gasteiger partial charge in [-0.05, 0) is 52.5 Å². The van der Waals surface area contributed by atoms with Gasteiger partial charge in [-0.15, -0.1) is 0 Å². The molecule has 0 aliphatic heterocycles. The lowest BCUT2D eigenvalue weighted by Gasteiger charge is -2.04. The van der Waals surface area contributed by atoms with Gasteiger partial charge in [0.2, 0.25) is 5.88 Å². The number of pyridine rings is 1. The maximum absolute atomic E-state index is 11.1. The second-order valence-electron chi connectivity index (χ2n) is 5.80. The largest absolute Gasteiger partial charge is 0.494 e. The monoisotopic (exact) mass is 457 g/mol. The molecule has 0 fully saturated rings. The van der Waals surface area contributed by atoms with Crippen molar-refractivity contribution < 1.29 is 5.11 Å². The average Bonchev–Trinajstić information content (AvgIpc) is 2.95. The van der Waals surface area contributed by atoms with Crippen LogP contribution in [0.15, 0.2) is 33.5 Å². The van der Waals surface area contributed by atoms with Crippen LogP contribution < -0.4 is 11.3 Å². The second-order valence-corrected chi connectivity index (χ2v) is 8.09. The molecule has 3 aromatic rings. The molecule has 0 spiro atoms. The lowest BCUT2D eigenvalue weighted by molar-refractivity contribution is 0.446. The Balaban J connectivity index is 0.000000195. The highest BCUT2D eigenvalue weighted by atomic mass is 79.9. The quantitative estimate of drug-likeness (QED) is 0.440. The predicted octanol–water partition coefficient (Wildman–Crippen LogP) is 5.50. The third-order valence-corrected chi connectivity index (χ3v) is 5.67. The fourth-order valence-corrected chi connectivity index (χ4v) is 3.84. The highest BCUT2D eigenvalue weighted by Crippen LogP contribution is 2.26. The van der Waals surface area contributed by atoms with Gasteiger partial charge < -0.3 is 10.8 Å². The first kappa shape index (κ1) is 20.7. The number of aromatic amines is 1. The van der Waals surface area contributed by atoms with Crippen LogP contribution in [-0.4, -0.2) is 15.1 Å². The third kappa shape index (κ3) is 6.00. The van der Waals surface area contributed by atoms with Crippen molar-refractivity contribution in [3.63, 3.8) is 0 Å². The van der Waals surface area contributed by atoms with E-state index in [1.54, 1.807) is 0 Å². The summed E-state index contributed by atoms with van der Waals surface area (Å²) in [4.78, 5) is 17.5. The first-order chi connectivity index (χ1) is 12.4. The van der Waals surface area contributed by atoms with Crippen molar-refractivity contribution >= 4 is 54.2 Å². The molecule has 0 aliphatic carbocycles. The Morgan fingerprint density at radius 1 is 1.31 bits per heavy atom. The Morgan fingerprint density at radius 3 is 2.81 bits per heavy atom. The lowest BCUT2D eigenvalue weighted by atomic mass is 10.1. The number of nitrogens with zero attached hydrogens (tertiary/aromatic N) is 1. The molecule has 2 heterocycles. The third-order valence-electron chi connectivity index (χ3n) is 3.70. The molecular formula is C18H21BrClN3O2S. The van der Waals surface area contributed by atoms with E-state index in [1.807, 2.05) is 18.2 Å². The van der Waals surface area contributed by atoms with E-state index in [0.717, 1.165) is 40.1 Å². The number of aromatic nitrogens is 2. The van der Waals surface area contributed by atoms with Crippen molar-refractivity contribution in [1.29, 1.82) is 0 Å².